The van der Waals surface area contributed by atoms with E-state index in [1.165, 1.54) is 25.7 Å². The molecule has 2 aliphatic rings. The summed E-state index contributed by atoms with van der Waals surface area (Å²) in [6.45, 7) is 4.39. The normalized spacial score (nSPS) is 22.3. The Bertz CT molecular complexity index is 747. The second kappa shape index (κ2) is 7.52. The molecule has 0 radical (unpaired) electrons. The Kier molecular flexibility index (Phi) is 4.96. The summed E-state index contributed by atoms with van der Waals surface area (Å²) in [5.41, 5.74) is 0.752. The molecule has 2 aromatic rings. The monoisotopic (exact) mass is 353 g/mol. The van der Waals surface area contributed by atoms with Crippen LogP contribution in [0.5, 0.6) is 0 Å². The first kappa shape index (κ1) is 17.1. The van der Waals surface area contributed by atoms with Crippen molar-refractivity contribution in [3.8, 4) is 0 Å². The Morgan fingerprint density at radius 2 is 2.04 bits per heavy atom. The first-order valence-corrected chi connectivity index (χ1v) is 9.78. The van der Waals surface area contributed by atoms with Gasteiger partial charge in [-0.05, 0) is 55.9 Å². The SMILES string of the molecule is C[C@@H]1C[C@H]1c1ccc(CCC(=O)Nc2ccc(N3CCCCC3)nc2)o1. The van der Waals surface area contributed by atoms with Gasteiger partial charge < -0.3 is 14.6 Å². The molecule has 4 rings (SSSR count). The van der Waals surface area contributed by atoms with Crippen LogP contribution in [0, 0.1) is 5.92 Å². The highest BCUT2D eigenvalue weighted by Gasteiger charge is 2.36. The molecule has 5 nitrogen and oxygen atoms in total. The molecule has 1 saturated heterocycles. The fourth-order valence-corrected chi connectivity index (χ4v) is 3.68. The molecular formula is C21H27N3O2. The summed E-state index contributed by atoms with van der Waals surface area (Å²) in [6.07, 6.45) is 7.78. The van der Waals surface area contributed by atoms with Crippen LogP contribution in [0.2, 0.25) is 0 Å². The Balaban J connectivity index is 1.25. The number of anilines is 2. The Morgan fingerprint density at radius 1 is 1.23 bits per heavy atom. The number of hydrogen-bond donors (Lipinski definition) is 1. The van der Waals surface area contributed by atoms with Crippen LogP contribution in [0.4, 0.5) is 11.5 Å². The highest BCUT2D eigenvalue weighted by atomic mass is 16.3. The molecule has 2 atom stereocenters. The van der Waals surface area contributed by atoms with Crippen molar-refractivity contribution in [2.45, 2.75) is 51.4 Å². The number of amides is 1. The molecule has 1 N–H and O–H groups in total. The van der Waals surface area contributed by atoms with Crippen molar-refractivity contribution in [1.29, 1.82) is 0 Å². The Labute approximate surface area is 154 Å². The van der Waals surface area contributed by atoms with E-state index in [1.807, 2.05) is 18.2 Å². The van der Waals surface area contributed by atoms with E-state index in [1.54, 1.807) is 6.20 Å². The number of furan rings is 1. The number of piperidine rings is 1. The standard InChI is InChI=1S/C21H27N3O2/c1-15-13-18(15)19-8-6-17(26-19)7-10-21(25)23-16-5-9-20(22-14-16)24-11-3-2-4-12-24/h5-6,8-9,14-15,18H,2-4,7,10-13H2,1H3,(H,23,25)/t15-,18-/m1/s1. The summed E-state index contributed by atoms with van der Waals surface area (Å²) in [6, 6.07) is 8.00. The van der Waals surface area contributed by atoms with Crippen molar-refractivity contribution in [1.82, 2.24) is 4.98 Å². The molecule has 1 saturated carbocycles. The molecule has 1 amide bonds. The van der Waals surface area contributed by atoms with Crippen LogP contribution in [0.25, 0.3) is 0 Å². The van der Waals surface area contributed by atoms with Gasteiger partial charge >= 0.3 is 0 Å². The Morgan fingerprint density at radius 3 is 2.73 bits per heavy atom. The lowest BCUT2D eigenvalue weighted by Crippen LogP contribution is -2.30. The van der Waals surface area contributed by atoms with Crippen LogP contribution >= 0.6 is 0 Å². The number of rotatable bonds is 6. The molecule has 1 aliphatic heterocycles. The molecule has 0 aromatic carbocycles. The molecule has 0 spiro atoms. The summed E-state index contributed by atoms with van der Waals surface area (Å²) in [5, 5.41) is 2.93. The van der Waals surface area contributed by atoms with Crippen LogP contribution in [-0.4, -0.2) is 24.0 Å². The molecule has 26 heavy (non-hydrogen) atoms. The molecule has 3 heterocycles. The van der Waals surface area contributed by atoms with E-state index in [9.17, 15) is 4.79 Å². The fourth-order valence-electron chi connectivity index (χ4n) is 3.68. The fraction of sp³-hybridized carbons (Fsp3) is 0.524. The van der Waals surface area contributed by atoms with Gasteiger partial charge in [-0.15, -0.1) is 0 Å². The van der Waals surface area contributed by atoms with Crippen LogP contribution in [-0.2, 0) is 11.2 Å². The summed E-state index contributed by atoms with van der Waals surface area (Å²) >= 11 is 0. The second-order valence-electron chi connectivity index (χ2n) is 7.62. The zero-order valence-electron chi connectivity index (χ0n) is 15.4. The summed E-state index contributed by atoms with van der Waals surface area (Å²) in [4.78, 5) is 19.0. The minimum atomic E-state index is -0.00439. The number of nitrogens with zero attached hydrogens (tertiary/aromatic N) is 2. The van der Waals surface area contributed by atoms with Crippen molar-refractivity contribution in [3.05, 3.63) is 42.0 Å². The lowest BCUT2D eigenvalue weighted by atomic mass is 10.1. The first-order chi connectivity index (χ1) is 12.7. The highest BCUT2D eigenvalue weighted by molar-refractivity contribution is 5.90. The molecule has 0 unspecified atom stereocenters. The summed E-state index contributed by atoms with van der Waals surface area (Å²) < 4.78 is 5.86. The topological polar surface area (TPSA) is 58.4 Å². The molecule has 1 aliphatic carbocycles. The second-order valence-corrected chi connectivity index (χ2v) is 7.62. The van der Waals surface area contributed by atoms with Gasteiger partial charge in [0.2, 0.25) is 5.91 Å². The van der Waals surface area contributed by atoms with E-state index in [0.29, 0.717) is 18.8 Å². The lowest BCUT2D eigenvalue weighted by Gasteiger charge is -2.27. The number of carbonyl (C=O) groups is 1. The van der Waals surface area contributed by atoms with Gasteiger partial charge in [0.15, 0.2) is 0 Å². The van der Waals surface area contributed by atoms with Gasteiger partial charge in [-0.3, -0.25) is 4.79 Å². The van der Waals surface area contributed by atoms with Gasteiger partial charge in [0.25, 0.3) is 0 Å². The summed E-state index contributed by atoms with van der Waals surface area (Å²) in [5.74, 6) is 4.29. The van der Waals surface area contributed by atoms with Crippen molar-refractivity contribution in [2.24, 2.45) is 5.92 Å². The zero-order valence-corrected chi connectivity index (χ0v) is 15.4. The molecule has 2 fully saturated rings. The lowest BCUT2D eigenvalue weighted by molar-refractivity contribution is -0.116. The quantitative estimate of drug-likeness (QED) is 0.838. The molecule has 0 bridgehead atoms. The van der Waals surface area contributed by atoms with E-state index >= 15 is 0 Å². The maximum absolute atomic E-state index is 12.2. The minimum absolute atomic E-state index is 0.00439. The van der Waals surface area contributed by atoms with E-state index in [2.05, 4.69) is 28.2 Å². The smallest absolute Gasteiger partial charge is 0.224 e. The van der Waals surface area contributed by atoms with E-state index < -0.39 is 0 Å². The number of carbonyl (C=O) groups excluding carboxylic acids is 1. The summed E-state index contributed by atoms with van der Waals surface area (Å²) in [7, 11) is 0. The average molecular weight is 353 g/mol. The van der Waals surface area contributed by atoms with Crippen LogP contribution in [0.15, 0.2) is 34.9 Å². The largest absolute Gasteiger partial charge is 0.466 e. The first-order valence-electron chi connectivity index (χ1n) is 9.78. The van der Waals surface area contributed by atoms with Gasteiger partial charge in [-0.1, -0.05) is 6.92 Å². The van der Waals surface area contributed by atoms with Crippen LogP contribution in [0.1, 0.15) is 56.5 Å². The number of pyridine rings is 1. The predicted octanol–water partition coefficient (Wildman–Crippen LogP) is 4.36. The highest BCUT2D eigenvalue weighted by Crippen LogP contribution is 2.47. The van der Waals surface area contributed by atoms with Crippen molar-refractivity contribution in [3.63, 3.8) is 0 Å². The third kappa shape index (κ3) is 4.09. The molecular weight excluding hydrogens is 326 g/mol. The maximum Gasteiger partial charge on any atom is 0.224 e. The molecule has 2 aromatic heterocycles. The third-order valence-electron chi connectivity index (χ3n) is 5.47. The van der Waals surface area contributed by atoms with Gasteiger partial charge in [-0.2, -0.15) is 0 Å². The van der Waals surface area contributed by atoms with E-state index in [4.69, 9.17) is 4.42 Å². The minimum Gasteiger partial charge on any atom is -0.466 e. The van der Waals surface area contributed by atoms with Crippen molar-refractivity contribution in [2.75, 3.05) is 23.3 Å². The van der Waals surface area contributed by atoms with Gasteiger partial charge in [0, 0.05) is 31.8 Å². The number of aromatic nitrogens is 1. The van der Waals surface area contributed by atoms with E-state index in [0.717, 1.165) is 42.0 Å². The Hall–Kier alpha value is -2.30. The zero-order chi connectivity index (χ0) is 17.9. The number of hydrogen-bond acceptors (Lipinski definition) is 4. The molecule has 138 valence electrons. The average Bonchev–Trinajstić information content (AvgIpc) is 3.21. The van der Waals surface area contributed by atoms with Crippen LogP contribution < -0.4 is 10.2 Å². The van der Waals surface area contributed by atoms with E-state index in [-0.39, 0.29) is 5.91 Å². The van der Waals surface area contributed by atoms with Gasteiger partial charge in [0.1, 0.15) is 17.3 Å². The third-order valence-corrected chi connectivity index (χ3v) is 5.47. The van der Waals surface area contributed by atoms with Crippen LogP contribution in [0.3, 0.4) is 0 Å². The van der Waals surface area contributed by atoms with Crippen molar-refractivity contribution < 1.29 is 9.21 Å². The van der Waals surface area contributed by atoms with Crippen molar-refractivity contribution >= 4 is 17.4 Å². The number of aryl methyl sites for hydroxylation is 1. The van der Waals surface area contributed by atoms with Gasteiger partial charge in [-0.25, -0.2) is 4.98 Å². The maximum atomic E-state index is 12.2. The van der Waals surface area contributed by atoms with Gasteiger partial charge in [0.05, 0.1) is 11.9 Å². The predicted molar refractivity (Wildman–Crippen MR) is 102 cm³/mol. The molecule has 5 heteroatoms. The number of nitrogens with one attached hydrogen (secondary N) is 1.